The van der Waals surface area contributed by atoms with Crippen LogP contribution in [-0.2, 0) is 14.4 Å². The van der Waals surface area contributed by atoms with Gasteiger partial charge in [-0.25, -0.2) is 0 Å². The quantitative estimate of drug-likeness (QED) is 0.304. The van der Waals surface area contributed by atoms with E-state index in [9.17, 15) is 25.3 Å². The summed E-state index contributed by atoms with van der Waals surface area (Å²) < 4.78 is 5.35. The van der Waals surface area contributed by atoms with Crippen molar-refractivity contribution in [2.75, 3.05) is 6.61 Å². The zero-order valence-corrected chi connectivity index (χ0v) is 13.9. The first-order valence-electron chi connectivity index (χ1n) is 8.36. The van der Waals surface area contributed by atoms with E-state index in [1.165, 1.54) is 19.3 Å². The lowest BCUT2D eigenvalue weighted by molar-refractivity contribution is -0.773. The maximum Gasteiger partial charge on any atom is 0.294 e. The molecule has 1 N–H and O–H groups in total. The maximum absolute atomic E-state index is 10.6. The molecule has 24 heavy (non-hydrogen) atoms. The average Bonchev–Trinajstić information content (AvgIpc) is 2.80. The van der Waals surface area contributed by atoms with Crippen LogP contribution < -0.4 is 0 Å². The predicted octanol–water partition coefficient (Wildman–Crippen LogP) is 2.39. The summed E-state index contributed by atoms with van der Waals surface area (Å²) in [7, 11) is 0. The Morgan fingerprint density at radius 2 is 1.75 bits per heavy atom. The fourth-order valence-electron chi connectivity index (χ4n) is 2.87. The van der Waals surface area contributed by atoms with Crippen LogP contribution in [0.15, 0.2) is 0 Å². The molecule has 0 aromatic heterocycles. The molecule has 0 amide bonds. The third kappa shape index (κ3) is 7.26. The van der Waals surface area contributed by atoms with E-state index in [4.69, 9.17) is 4.74 Å². The number of unbranched alkanes of at least 4 members (excludes halogenated alkanes) is 6. The van der Waals surface area contributed by atoms with Crippen molar-refractivity contribution in [1.82, 2.24) is 0 Å². The van der Waals surface area contributed by atoms with Crippen LogP contribution in [0.5, 0.6) is 0 Å². The van der Waals surface area contributed by atoms with E-state index in [1.54, 1.807) is 0 Å². The third-order valence-electron chi connectivity index (χ3n) is 4.07. The van der Waals surface area contributed by atoms with Gasteiger partial charge in [0.05, 0.1) is 6.10 Å². The smallest absolute Gasteiger partial charge is 0.294 e. The molecule has 3 atom stereocenters. The average molecular weight is 350 g/mol. The summed E-state index contributed by atoms with van der Waals surface area (Å²) in [6.45, 7) is 1.74. The molecule has 10 heteroatoms. The number of hydrogen-bond acceptors (Lipinski definition) is 8. The summed E-state index contributed by atoms with van der Waals surface area (Å²) in [6, 6.07) is 0. The van der Waals surface area contributed by atoms with Crippen LogP contribution in [0.25, 0.3) is 0 Å². The van der Waals surface area contributed by atoms with Crippen LogP contribution in [0.4, 0.5) is 0 Å². The molecule has 1 rings (SSSR count). The van der Waals surface area contributed by atoms with Crippen LogP contribution in [0.1, 0.15) is 64.7 Å². The predicted molar refractivity (Wildman–Crippen MR) is 81.9 cm³/mol. The van der Waals surface area contributed by atoms with Crippen molar-refractivity contribution in [3.05, 3.63) is 20.2 Å². The highest BCUT2D eigenvalue weighted by molar-refractivity contribution is 4.88. The Morgan fingerprint density at radius 3 is 2.33 bits per heavy atom. The van der Waals surface area contributed by atoms with Gasteiger partial charge in [0.15, 0.2) is 11.9 Å². The van der Waals surface area contributed by atoms with Crippen molar-refractivity contribution in [2.24, 2.45) is 0 Å². The van der Waals surface area contributed by atoms with Crippen molar-refractivity contribution in [2.45, 2.75) is 82.7 Å². The Hall–Kier alpha value is -1.68. The molecule has 0 saturated carbocycles. The maximum atomic E-state index is 10.6. The molecule has 0 aromatic rings. The molecule has 3 unspecified atom stereocenters. The molecular weight excluding hydrogens is 324 g/mol. The summed E-state index contributed by atoms with van der Waals surface area (Å²) in [5.74, 6) is -1.82. The lowest BCUT2D eigenvalue weighted by Gasteiger charge is -2.27. The minimum absolute atomic E-state index is 0.0399. The van der Waals surface area contributed by atoms with E-state index < -0.39 is 34.8 Å². The first kappa shape index (κ1) is 20.4. The lowest BCUT2D eigenvalue weighted by atomic mass is 10.00. The summed E-state index contributed by atoms with van der Waals surface area (Å²) in [4.78, 5) is 29.5. The molecule has 140 valence electrons. The van der Waals surface area contributed by atoms with Crippen molar-refractivity contribution < 1.29 is 29.7 Å². The minimum atomic E-state index is -1.82. The van der Waals surface area contributed by atoms with Gasteiger partial charge in [0.2, 0.25) is 0 Å². The van der Waals surface area contributed by atoms with Gasteiger partial charge in [-0.15, -0.1) is 20.2 Å². The molecule has 1 aliphatic rings. The molecule has 0 bridgehead atoms. The van der Waals surface area contributed by atoms with Gasteiger partial charge in [0.1, 0.15) is 6.61 Å². The molecule has 1 heterocycles. The number of ether oxygens (including phenoxy) is 1. The van der Waals surface area contributed by atoms with Crippen LogP contribution in [-0.4, -0.2) is 39.9 Å². The van der Waals surface area contributed by atoms with Gasteiger partial charge in [0, 0.05) is 12.8 Å². The monoisotopic (exact) mass is 350 g/mol. The molecule has 0 aromatic carbocycles. The van der Waals surface area contributed by atoms with E-state index in [0.717, 1.165) is 19.3 Å². The molecule has 10 nitrogen and oxygen atoms in total. The van der Waals surface area contributed by atoms with Crippen LogP contribution in [0.3, 0.4) is 0 Å². The Labute approximate surface area is 140 Å². The number of nitrogens with zero attached hydrogens (tertiary/aromatic N) is 2. The Bertz CT molecular complexity index is 408. The van der Waals surface area contributed by atoms with Gasteiger partial charge in [-0.2, -0.15) is 0 Å². The molecule has 1 aliphatic heterocycles. The third-order valence-corrected chi connectivity index (χ3v) is 4.07. The second-order valence-corrected chi connectivity index (χ2v) is 6.03. The first-order chi connectivity index (χ1) is 11.4. The topological polar surface area (TPSA) is 134 Å². The van der Waals surface area contributed by atoms with Gasteiger partial charge in [0.25, 0.3) is 10.2 Å². The Morgan fingerprint density at radius 1 is 1.12 bits per heavy atom. The largest absolute Gasteiger partial charge is 0.364 e. The number of rotatable bonds is 13. The van der Waals surface area contributed by atoms with Crippen molar-refractivity contribution in [1.29, 1.82) is 0 Å². The molecule has 1 fully saturated rings. The first-order valence-corrected chi connectivity index (χ1v) is 8.36. The molecule has 0 radical (unpaired) electrons. The second-order valence-electron chi connectivity index (χ2n) is 6.03. The van der Waals surface area contributed by atoms with E-state index in [-0.39, 0.29) is 12.8 Å². The zero-order chi connectivity index (χ0) is 18.0. The van der Waals surface area contributed by atoms with E-state index in [0.29, 0.717) is 6.42 Å². The fourth-order valence-corrected chi connectivity index (χ4v) is 2.87. The Balaban J connectivity index is 2.43. The number of aliphatic hydroxyl groups is 1. The lowest BCUT2D eigenvalue weighted by Crippen LogP contribution is -2.42. The summed E-state index contributed by atoms with van der Waals surface area (Å²) in [5, 5.41) is 29.3. The van der Waals surface area contributed by atoms with Crippen molar-refractivity contribution in [3.63, 3.8) is 0 Å². The fraction of sp³-hybridized carbons (Fsp3) is 1.00. The Kier molecular flexibility index (Phi) is 8.69. The van der Waals surface area contributed by atoms with E-state index in [2.05, 4.69) is 16.6 Å². The van der Waals surface area contributed by atoms with E-state index in [1.807, 2.05) is 0 Å². The van der Waals surface area contributed by atoms with Crippen LogP contribution in [0, 0.1) is 20.2 Å². The van der Waals surface area contributed by atoms with Crippen molar-refractivity contribution >= 4 is 0 Å². The van der Waals surface area contributed by atoms with E-state index >= 15 is 0 Å². The highest BCUT2D eigenvalue weighted by Gasteiger charge is 2.49. The zero-order valence-electron chi connectivity index (χ0n) is 13.9. The second kappa shape index (κ2) is 10.2. The van der Waals surface area contributed by atoms with Crippen LogP contribution >= 0.6 is 0 Å². The molecule has 0 aliphatic carbocycles. The van der Waals surface area contributed by atoms with Gasteiger partial charge in [-0.3, -0.25) is 0 Å². The molecule has 0 spiro atoms. The normalized spacial score (nSPS) is 26.2. The highest BCUT2D eigenvalue weighted by Crippen LogP contribution is 2.35. The van der Waals surface area contributed by atoms with Gasteiger partial charge in [-0.1, -0.05) is 45.4 Å². The molecule has 1 saturated heterocycles. The van der Waals surface area contributed by atoms with Crippen LogP contribution in [0.2, 0.25) is 0 Å². The minimum Gasteiger partial charge on any atom is -0.364 e. The van der Waals surface area contributed by atoms with Crippen molar-refractivity contribution in [3.8, 4) is 0 Å². The summed E-state index contributed by atoms with van der Waals surface area (Å²) in [5.41, 5.74) is 0. The standard InChI is InChI=1S/C14H26N2O8/c1-2-3-4-5-6-7-8-9-14(17)13(24-16(20)21)10-12(23-14)11-22-15(18)19/h12-13,17H,2-11H2,1H3. The summed E-state index contributed by atoms with van der Waals surface area (Å²) >= 11 is 0. The van der Waals surface area contributed by atoms with Gasteiger partial charge >= 0.3 is 0 Å². The highest BCUT2D eigenvalue weighted by atomic mass is 17.0. The SMILES string of the molecule is CCCCCCCCCC1(O)OC(CO[N+](=O)[O-])CC1O[N+](=O)[O-]. The summed E-state index contributed by atoms with van der Waals surface area (Å²) in [6.07, 6.45) is 5.31. The number of hydrogen-bond donors (Lipinski definition) is 1. The van der Waals surface area contributed by atoms with Gasteiger partial charge in [-0.05, 0) is 6.42 Å². The van der Waals surface area contributed by atoms with Gasteiger partial charge < -0.3 is 19.5 Å². The molecular formula is C14H26N2O8.